The molecule has 0 radical (unpaired) electrons. The third-order valence-electron chi connectivity index (χ3n) is 3.52. The first kappa shape index (κ1) is 19.7. The maximum absolute atomic E-state index is 13.4. The van der Waals surface area contributed by atoms with Crippen LogP contribution in [0.15, 0.2) is 24.3 Å². The lowest BCUT2D eigenvalue weighted by atomic mass is 9.95. The number of nitrogens with zero attached hydrogens (tertiary/aromatic N) is 1. The zero-order valence-electron chi connectivity index (χ0n) is 12.1. The van der Waals surface area contributed by atoms with Crippen molar-refractivity contribution in [3.8, 4) is 0 Å². The lowest BCUT2D eigenvalue weighted by Crippen LogP contribution is -2.45. The minimum atomic E-state index is -0.128. The fourth-order valence-electron chi connectivity index (χ4n) is 2.65. The Kier molecular flexibility index (Phi) is 9.39. The number of piperazine rings is 1. The molecule has 20 heavy (non-hydrogen) atoms. The fraction of sp³-hybridized carbons (Fsp3) is 0.600. The molecule has 0 aliphatic carbocycles. The van der Waals surface area contributed by atoms with E-state index in [9.17, 15) is 4.39 Å². The number of halogens is 3. The number of rotatable bonds is 4. The maximum Gasteiger partial charge on any atom is 0.123 e. The van der Waals surface area contributed by atoms with Crippen LogP contribution in [0, 0.1) is 11.7 Å². The molecule has 2 rings (SSSR count). The summed E-state index contributed by atoms with van der Waals surface area (Å²) in [5.41, 5.74) is 1.12. The summed E-state index contributed by atoms with van der Waals surface area (Å²) in [5, 5.41) is 3.37. The van der Waals surface area contributed by atoms with Gasteiger partial charge in [-0.2, -0.15) is 0 Å². The zero-order chi connectivity index (χ0) is 13.0. The van der Waals surface area contributed by atoms with E-state index in [1.54, 1.807) is 6.07 Å². The molecule has 2 nitrogen and oxygen atoms in total. The van der Waals surface area contributed by atoms with Crippen molar-refractivity contribution in [1.29, 1.82) is 0 Å². The molecule has 1 N–H and O–H groups in total. The van der Waals surface area contributed by atoms with Gasteiger partial charge in [-0.15, -0.1) is 24.8 Å². The number of benzene rings is 1. The Morgan fingerprint density at radius 1 is 1.20 bits per heavy atom. The van der Waals surface area contributed by atoms with E-state index in [1.165, 1.54) is 6.07 Å². The summed E-state index contributed by atoms with van der Waals surface area (Å²) in [6.07, 6.45) is 1.09. The Bertz CT molecular complexity index is 382. The summed E-state index contributed by atoms with van der Waals surface area (Å²) in [4.78, 5) is 2.48. The predicted octanol–water partition coefficient (Wildman–Crippen LogP) is 3.66. The molecule has 1 aliphatic rings. The first-order chi connectivity index (χ1) is 8.66. The van der Waals surface area contributed by atoms with Crippen LogP contribution in [-0.4, -0.2) is 31.1 Å². The molecule has 1 aliphatic heterocycles. The monoisotopic (exact) mass is 322 g/mol. The van der Waals surface area contributed by atoms with E-state index in [1.807, 2.05) is 6.07 Å². The van der Waals surface area contributed by atoms with Gasteiger partial charge in [-0.05, 0) is 30.0 Å². The highest BCUT2D eigenvalue weighted by Crippen LogP contribution is 2.28. The molecule has 1 aromatic carbocycles. The number of hydrogen-bond donors (Lipinski definition) is 1. The second kappa shape index (κ2) is 9.56. The Morgan fingerprint density at radius 2 is 1.85 bits per heavy atom. The van der Waals surface area contributed by atoms with Crippen LogP contribution in [0.4, 0.5) is 4.39 Å². The van der Waals surface area contributed by atoms with Crippen LogP contribution in [0.5, 0.6) is 0 Å². The van der Waals surface area contributed by atoms with Crippen LogP contribution in [0.25, 0.3) is 0 Å². The molecular weight excluding hydrogens is 298 g/mol. The van der Waals surface area contributed by atoms with E-state index in [4.69, 9.17) is 0 Å². The van der Waals surface area contributed by atoms with E-state index in [0.717, 1.165) is 38.2 Å². The molecular formula is C15H25Cl2FN2. The molecule has 1 saturated heterocycles. The highest BCUT2D eigenvalue weighted by molar-refractivity contribution is 5.85. The van der Waals surface area contributed by atoms with E-state index in [2.05, 4.69) is 30.1 Å². The fourth-order valence-corrected chi connectivity index (χ4v) is 2.65. The van der Waals surface area contributed by atoms with Crippen LogP contribution in [0.2, 0.25) is 0 Å². The summed E-state index contributed by atoms with van der Waals surface area (Å²) in [7, 11) is 0. The van der Waals surface area contributed by atoms with Crippen molar-refractivity contribution >= 4 is 24.8 Å². The normalized spacial score (nSPS) is 17.2. The molecule has 5 heteroatoms. The molecule has 0 aromatic heterocycles. The summed E-state index contributed by atoms with van der Waals surface area (Å²) in [6.45, 7) is 8.62. The van der Waals surface area contributed by atoms with Gasteiger partial charge in [-0.25, -0.2) is 4.39 Å². The van der Waals surface area contributed by atoms with Crippen molar-refractivity contribution in [2.24, 2.45) is 5.92 Å². The standard InChI is InChI=1S/C15H23FN2.2ClH/c1-12(2)10-15(18-8-6-17-7-9-18)13-4-3-5-14(16)11-13;;/h3-5,11-12,15,17H,6-10H2,1-2H3;2*1H/t15-;;/m1../s1. The molecule has 0 unspecified atom stereocenters. The van der Waals surface area contributed by atoms with Crippen LogP contribution in [0.1, 0.15) is 31.9 Å². The summed E-state index contributed by atoms with van der Waals surface area (Å²) >= 11 is 0. The van der Waals surface area contributed by atoms with Crippen molar-refractivity contribution < 1.29 is 4.39 Å². The van der Waals surface area contributed by atoms with Crippen molar-refractivity contribution in [3.05, 3.63) is 35.6 Å². The predicted molar refractivity (Wildman–Crippen MR) is 87.5 cm³/mol. The maximum atomic E-state index is 13.4. The second-order valence-corrected chi connectivity index (χ2v) is 5.49. The van der Waals surface area contributed by atoms with Crippen LogP contribution in [0.3, 0.4) is 0 Å². The Hall–Kier alpha value is -0.350. The largest absolute Gasteiger partial charge is 0.314 e. The molecule has 1 fully saturated rings. The summed E-state index contributed by atoms with van der Waals surface area (Å²) in [6, 6.07) is 7.43. The van der Waals surface area contributed by atoms with Crippen molar-refractivity contribution in [2.75, 3.05) is 26.2 Å². The Labute approximate surface area is 133 Å². The average Bonchev–Trinajstić information content (AvgIpc) is 2.37. The van der Waals surface area contributed by atoms with Gasteiger partial charge in [-0.1, -0.05) is 26.0 Å². The molecule has 1 atom stereocenters. The third-order valence-corrected chi connectivity index (χ3v) is 3.52. The summed E-state index contributed by atoms with van der Waals surface area (Å²) < 4.78 is 13.4. The van der Waals surface area contributed by atoms with E-state index in [0.29, 0.717) is 12.0 Å². The molecule has 0 saturated carbocycles. The first-order valence-corrected chi connectivity index (χ1v) is 6.87. The van der Waals surface area contributed by atoms with Gasteiger partial charge >= 0.3 is 0 Å². The van der Waals surface area contributed by atoms with Crippen molar-refractivity contribution in [3.63, 3.8) is 0 Å². The van der Waals surface area contributed by atoms with E-state index in [-0.39, 0.29) is 30.6 Å². The SMILES string of the molecule is CC(C)C[C@H](c1cccc(F)c1)N1CCNCC1.Cl.Cl. The first-order valence-electron chi connectivity index (χ1n) is 6.87. The van der Waals surface area contributed by atoms with Crippen molar-refractivity contribution in [2.45, 2.75) is 26.3 Å². The van der Waals surface area contributed by atoms with Gasteiger partial charge in [0.1, 0.15) is 5.82 Å². The van der Waals surface area contributed by atoms with Crippen LogP contribution < -0.4 is 5.32 Å². The van der Waals surface area contributed by atoms with Crippen molar-refractivity contribution in [1.82, 2.24) is 10.2 Å². The van der Waals surface area contributed by atoms with Crippen LogP contribution in [-0.2, 0) is 0 Å². The molecule has 116 valence electrons. The smallest absolute Gasteiger partial charge is 0.123 e. The molecule has 0 spiro atoms. The number of hydrogen-bond acceptors (Lipinski definition) is 2. The van der Waals surface area contributed by atoms with Gasteiger partial charge < -0.3 is 5.32 Å². The third kappa shape index (κ3) is 5.57. The van der Waals surface area contributed by atoms with E-state index >= 15 is 0 Å². The number of nitrogens with one attached hydrogen (secondary N) is 1. The molecule has 0 amide bonds. The van der Waals surface area contributed by atoms with E-state index < -0.39 is 0 Å². The minimum absolute atomic E-state index is 0. The molecule has 1 aromatic rings. The lowest BCUT2D eigenvalue weighted by molar-refractivity contribution is 0.154. The van der Waals surface area contributed by atoms with Gasteiger partial charge in [0.2, 0.25) is 0 Å². The minimum Gasteiger partial charge on any atom is -0.314 e. The Balaban J connectivity index is 0.00000180. The highest BCUT2D eigenvalue weighted by atomic mass is 35.5. The molecule has 1 heterocycles. The van der Waals surface area contributed by atoms with Gasteiger partial charge in [0, 0.05) is 32.2 Å². The molecule has 0 bridgehead atoms. The zero-order valence-corrected chi connectivity index (χ0v) is 13.8. The van der Waals surface area contributed by atoms with Gasteiger partial charge in [-0.3, -0.25) is 4.90 Å². The topological polar surface area (TPSA) is 15.3 Å². The average molecular weight is 323 g/mol. The van der Waals surface area contributed by atoms with Gasteiger partial charge in [0.25, 0.3) is 0 Å². The Morgan fingerprint density at radius 3 is 2.40 bits per heavy atom. The highest BCUT2D eigenvalue weighted by Gasteiger charge is 2.23. The summed E-state index contributed by atoms with van der Waals surface area (Å²) in [5.74, 6) is 0.490. The van der Waals surface area contributed by atoms with Crippen LogP contribution >= 0.6 is 24.8 Å². The second-order valence-electron chi connectivity index (χ2n) is 5.49. The quantitative estimate of drug-likeness (QED) is 0.910. The van der Waals surface area contributed by atoms with Gasteiger partial charge in [0.05, 0.1) is 0 Å². The van der Waals surface area contributed by atoms with Gasteiger partial charge in [0.15, 0.2) is 0 Å². The lowest BCUT2D eigenvalue weighted by Gasteiger charge is -2.36.